The Morgan fingerprint density at radius 3 is 2.69 bits per heavy atom. The van der Waals surface area contributed by atoms with Gasteiger partial charge < -0.3 is 5.32 Å². The first-order valence-corrected chi connectivity index (χ1v) is 7.01. The summed E-state index contributed by atoms with van der Waals surface area (Å²) in [6, 6.07) is 0. The third-order valence-corrected chi connectivity index (χ3v) is 3.93. The molecule has 0 spiro atoms. The van der Waals surface area contributed by atoms with Gasteiger partial charge in [0.2, 0.25) is 0 Å². The van der Waals surface area contributed by atoms with Gasteiger partial charge in [-0.2, -0.15) is 0 Å². The number of nitrogens with zero attached hydrogens (tertiary/aromatic N) is 2. The highest BCUT2D eigenvalue weighted by atomic mass is 32.2. The lowest BCUT2D eigenvalue weighted by molar-refractivity contribution is 0.597. The van der Waals surface area contributed by atoms with Crippen LogP contribution in [0.25, 0.3) is 0 Å². The van der Waals surface area contributed by atoms with Gasteiger partial charge in [0.1, 0.15) is 5.82 Å². The Morgan fingerprint density at radius 2 is 2.06 bits per heavy atom. The van der Waals surface area contributed by atoms with E-state index in [-0.39, 0.29) is 11.5 Å². The van der Waals surface area contributed by atoms with Crippen molar-refractivity contribution in [3.05, 3.63) is 17.6 Å². The first-order chi connectivity index (χ1) is 7.44. The van der Waals surface area contributed by atoms with E-state index in [0.717, 1.165) is 11.4 Å². The van der Waals surface area contributed by atoms with Crippen molar-refractivity contribution >= 4 is 15.7 Å². The van der Waals surface area contributed by atoms with Crippen molar-refractivity contribution in [2.45, 2.75) is 20.8 Å². The molecule has 0 aromatic carbocycles. The molecule has 0 unspecified atom stereocenters. The minimum absolute atomic E-state index is 0.124. The maximum Gasteiger partial charge on any atom is 0.151 e. The van der Waals surface area contributed by atoms with E-state index in [0.29, 0.717) is 12.4 Å². The van der Waals surface area contributed by atoms with Crippen LogP contribution in [0.15, 0.2) is 6.20 Å². The average molecular weight is 243 g/mol. The molecule has 0 aliphatic heterocycles. The molecule has 0 bridgehead atoms. The Hall–Kier alpha value is -1.17. The highest BCUT2D eigenvalue weighted by Crippen LogP contribution is 2.08. The van der Waals surface area contributed by atoms with Crippen LogP contribution < -0.4 is 5.32 Å². The predicted octanol–water partition coefficient (Wildman–Crippen LogP) is 0.940. The minimum atomic E-state index is -2.92. The molecule has 1 aromatic rings. The molecule has 16 heavy (non-hydrogen) atoms. The first kappa shape index (κ1) is 12.9. The fourth-order valence-corrected chi connectivity index (χ4v) is 1.88. The largest absolute Gasteiger partial charge is 0.368 e. The molecule has 0 aliphatic rings. The molecule has 0 aliphatic carbocycles. The fraction of sp³-hybridized carbons (Fsp3) is 0.600. The smallest absolute Gasteiger partial charge is 0.151 e. The maximum absolute atomic E-state index is 11.3. The van der Waals surface area contributed by atoms with Crippen LogP contribution in [-0.4, -0.2) is 36.4 Å². The van der Waals surface area contributed by atoms with Crippen LogP contribution in [0.3, 0.4) is 0 Å². The second-order valence-electron chi connectivity index (χ2n) is 3.61. The Labute approximate surface area is 96.2 Å². The second kappa shape index (κ2) is 5.25. The molecule has 0 fully saturated rings. The molecular formula is C10H17N3O2S. The van der Waals surface area contributed by atoms with Crippen molar-refractivity contribution in [1.29, 1.82) is 0 Å². The number of hydrogen-bond acceptors (Lipinski definition) is 5. The quantitative estimate of drug-likeness (QED) is 0.833. The van der Waals surface area contributed by atoms with Crippen molar-refractivity contribution in [2.24, 2.45) is 0 Å². The van der Waals surface area contributed by atoms with Crippen LogP contribution in [0.2, 0.25) is 0 Å². The Morgan fingerprint density at radius 1 is 1.38 bits per heavy atom. The number of hydrogen-bond donors (Lipinski definition) is 1. The van der Waals surface area contributed by atoms with E-state index in [9.17, 15) is 8.42 Å². The van der Waals surface area contributed by atoms with Gasteiger partial charge in [-0.1, -0.05) is 6.92 Å². The third-order valence-electron chi connectivity index (χ3n) is 2.22. The van der Waals surface area contributed by atoms with Crippen LogP contribution in [0.1, 0.15) is 18.3 Å². The van der Waals surface area contributed by atoms with Gasteiger partial charge in [-0.05, 0) is 13.8 Å². The second-order valence-corrected chi connectivity index (χ2v) is 6.08. The Kier molecular flexibility index (Phi) is 4.23. The molecular weight excluding hydrogens is 226 g/mol. The summed E-state index contributed by atoms with van der Waals surface area (Å²) in [7, 11) is -2.92. The summed E-state index contributed by atoms with van der Waals surface area (Å²) in [5.41, 5.74) is 1.59. The standard InChI is InChI=1S/C10H17N3O2S/c1-4-16(14,15)6-5-11-10-9(3)12-7-8(2)13-10/h7H,4-6H2,1-3H3,(H,11,13). The van der Waals surface area contributed by atoms with Crippen molar-refractivity contribution in [1.82, 2.24) is 9.97 Å². The number of anilines is 1. The van der Waals surface area contributed by atoms with Gasteiger partial charge in [-0.15, -0.1) is 0 Å². The zero-order valence-electron chi connectivity index (χ0n) is 9.82. The van der Waals surface area contributed by atoms with Crippen LogP contribution in [0, 0.1) is 13.8 Å². The SMILES string of the molecule is CCS(=O)(=O)CCNc1nc(C)cnc1C. The van der Waals surface area contributed by atoms with E-state index in [1.807, 2.05) is 13.8 Å². The van der Waals surface area contributed by atoms with E-state index >= 15 is 0 Å². The van der Waals surface area contributed by atoms with Gasteiger partial charge >= 0.3 is 0 Å². The van der Waals surface area contributed by atoms with E-state index in [1.54, 1.807) is 13.1 Å². The first-order valence-electron chi connectivity index (χ1n) is 5.19. The zero-order chi connectivity index (χ0) is 12.2. The van der Waals surface area contributed by atoms with Gasteiger partial charge in [0, 0.05) is 18.5 Å². The van der Waals surface area contributed by atoms with E-state index in [2.05, 4.69) is 15.3 Å². The van der Waals surface area contributed by atoms with Crippen molar-refractivity contribution < 1.29 is 8.42 Å². The number of aromatic nitrogens is 2. The summed E-state index contributed by atoms with van der Waals surface area (Å²) in [6.45, 7) is 5.70. The molecule has 1 rings (SSSR count). The van der Waals surface area contributed by atoms with Gasteiger partial charge in [0.05, 0.1) is 17.1 Å². The fourth-order valence-electron chi connectivity index (χ4n) is 1.17. The van der Waals surface area contributed by atoms with Gasteiger partial charge in [0.15, 0.2) is 9.84 Å². The highest BCUT2D eigenvalue weighted by molar-refractivity contribution is 7.91. The summed E-state index contributed by atoms with van der Waals surface area (Å²) in [5, 5.41) is 2.99. The summed E-state index contributed by atoms with van der Waals surface area (Å²) >= 11 is 0. The number of rotatable bonds is 5. The molecule has 0 saturated carbocycles. The van der Waals surface area contributed by atoms with Crippen molar-refractivity contribution in [3.8, 4) is 0 Å². The lowest BCUT2D eigenvalue weighted by Gasteiger charge is -2.08. The molecule has 0 radical (unpaired) electrons. The van der Waals surface area contributed by atoms with Crippen LogP contribution in [-0.2, 0) is 9.84 Å². The molecule has 90 valence electrons. The van der Waals surface area contributed by atoms with Gasteiger partial charge in [-0.3, -0.25) is 4.98 Å². The van der Waals surface area contributed by atoms with Crippen molar-refractivity contribution in [2.75, 3.05) is 23.4 Å². The van der Waals surface area contributed by atoms with Crippen molar-refractivity contribution in [3.63, 3.8) is 0 Å². The number of nitrogens with one attached hydrogen (secondary N) is 1. The molecule has 0 amide bonds. The molecule has 1 aromatic heterocycles. The Bertz CT molecular complexity index is 457. The van der Waals surface area contributed by atoms with E-state index in [1.165, 1.54) is 0 Å². The van der Waals surface area contributed by atoms with Gasteiger partial charge in [0.25, 0.3) is 0 Å². The molecule has 0 saturated heterocycles. The monoisotopic (exact) mass is 243 g/mol. The zero-order valence-corrected chi connectivity index (χ0v) is 10.6. The third kappa shape index (κ3) is 3.77. The average Bonchev–Trinajstić information content (AvgIpc) is 2.23. The molecule has 1 heterocycles. The summed E-state index contributed by atoms with van der Waals surface area (Å²) in [4.78, 5) is 8.39. The molecule has 6 heteroatoms. The predicted molar refractivity (Wildman–Crippen MR) is 64.3 cm³/mol. The molecule has 5 nitrogen and oxygen atoms in total. The topological polar surface area (TPSA) is 72.0 Å². The molecule has 1 N–H and O–H groups in total. The highest BCUT2D eigenvalue weighted by Gasteiger charge is 2.07. The lowest BCUT2D eigenvalue weighted by atomic mass is 10.4. The number of aryl methyl sites for hydroxylation is 2. The summed E-state index contributed by atoms with van der Waals surface area (Å²) in [6.07, 6.45) is 1.68. The molecule has 0 atom stereocenters. The lowest BCUT2D eigenvalue weighted by Crippen LogP contribution is -2.18. The van der Waals surface area contributed by atoms with Crippen LogP contribution in [0.5, 0.6) is 0 Å². The number of sulfone groups is 1. The maximum atomic E-state index is 11.3. The minimum Gasteiger partial charge on any atom is -0.368 e. The van der Waals surface area contributed by atoms with Gasteiger partial charge in [-0.25, -0.2) is 13.4 Å². The summed E-state index contributed by atoms with van der Waals surface area (Å²) in [5.74, 6) is 0.956. The normalized spacial score (nSPS) is 11.4. The van der Waals surface area contributed by atoms with Crippen LogP contribution in [0.4, 0.5) is 5.82 Å². The van der Waals surface area contributed by atoms with Crippen LogP contribution >= 0.6 is 0 Å². The van der Waals surface area contributed by atoms with E-state index < -0.39 is 9.84 Å². The summed E-state index contributed by atoms with van der Waals surface area (Å²) < 4.78 is 22.5. The van der Waals surface area contributed by atoms with E-state index in [4.69, 9.17) is 0 Å². The Balaban J connectivity index is 2.59.